The van der Waals surface area contributed by atoms with Gasteiger partial charge in [0.1, 0.15) is 0 Å². The van der Waals surface area contributed by atoms with E-state index in [-0.39, 0.29) is 29.9 Å². The molecule has 0 bridgehead atoms. The van der Waals surface area contributed by atoms with Crippen molar-refractivity contribution in [3.63, 3.8) is 0 Å². The van der Waals surface area contributed by atoms with Crippen molar-refractivity contribution in [2.24, 2.45) is 4.99 Å². The lowest BCUT2D eigenvalue weighted by molar-refractivity contribution is 0.0568. The number of carbonyl (C=O) groups excluding carboxylic acids is 1. The molecule has 0 unspecified atom stereocenters. The van der Waals surface area contributed by atoms with Crippen LogP contribution in [0.2, 0.25) is 0 Å². The number of halogens is 1. The lowest BCUT2D eigenvalue weighted by atomic mass is 10.0. The maximum atomic E-state index is 12.3. The van der Waals surface area contributed by atoms with Gasteiger partial charge in [0.15, 0.2) is 11.7 Å². The van der Waals surface area contributed by atoms with Gasteiger partial charge in [-0.25, -0.2) is 0 Å². The van der Waals surface area contributed by atoms with E-state index < -0.39 is 5.60 Å². The van der Waals surface area contributed by atoms with Crippen molar-refractivity contribution in [2.75, 3.05) is 39.3 Å². The van der Waals surface area contributed by atoms with E-state index in [2.05, 4.69) is 15.2 Å². The first kappa shape index (κ1) is 21.0. The van der Waals surface area contributed by atoms with Crippen molar-refractivity contribution in [3.8, 4) is 0 Å². The summed E-state index contributed by atoms with van der Waals surface area (Å²) in [5.74, 6) is 1.15. The number of furan rings is 1. The molecule has 1 aromatic rings. The number of hydrogen-bond donors (Lipinski definition) is 2. The van der Waals surface area contributed by atoms with Gasteiger partial charge in [-0.1, -0.05) is 12.8 Å². The normalized spacial score (nSPS) is 20.0. The summed E-state index contributed by atoms with van der Waals surface area (Å²) in [5.41, 5.74) is -0.641. The number of piperazine rings is 1. The zero-order valence-corrected chi connectivity index (χ0v) is 17.6. The smallest absolute Gasteiger partial charge is 0.289 e. The summed E-state index contributed by atoms with van der Waals surface area (Å²) < 4.78 is 5.20. The van der Waals surface area contributed by atoms with E-state index in [1.807, 2.05) is 11.8 Å². The first-order valence-corrected chi connectivity index (χ1v) is 9.20. The summed E-state index contributed by atoms with van der Waals surface area (Å²) >= 11 is 0. The topological polar surface area (TPSA) is 81.3 Å². The Morgan fingerprint density at radius 1 is 1.27 bits per heavy atom. The number of rotatable bonds is 4. The van der Waals surface area contributed by atoms with Crippen molar-refractivity contribution in [3.05, 3.63) is 24.2 Å². The van der Waals surface area contributed by atoms with Crippen LogP contribution in [0.1, 0.15) is 43.2 Å². The largest absolute Gasteiger partial charge is 0.459 e. The quantitative estimate of drug-likeness (QED) is 0.395. The van der Waals surface area contributed by atoms with Crippen molar-refractivity contribution in [1.29, 1.82) is 0 Å². The fraction of sp³-hybridized carbons (Fsp3) is 0.667. The average Bonchev–Trinajstić information content (AvgIpc) is 3.30. The highest BCUT2D eigenvalue weighted by atomic mass is 127. The number of guanidine groups is 1. The number of amides is 1. The Bertz CT molecular complexity index is 592. The number of carbonyl (C=O) groups is 1. The van der Waals surface area contributed by atoms with Crippen molar-refractivity contribution in [2.45, 2.75) is 38.2 Å². The summed E-state index contributed by atoms with van der Waals surface area (Å²) in [6, 6.07) is 3.43. The molecule has 2 aliphatic rings. The van der Waals surface area contributed by atoms with Crippen LogP contribution < -0.4 is 5.32 Å². The minimum Gasteiger partial charge on any atom is -0.459 e. The lowest BCUT2D eigenvalue weighted by Crippen LogP contribution is -2.54. The van der Waals surface area contributed by atoms with Gasteiger partial charge in [-0.2, -0.15) is 0 Å². The van der Waals surface area contributed by atoms with Gasteiger partial charge in [0.25, 0.3) is 5.91 Å². The standard InChI is InChI=1S/C18H28N4O3.HI/c1-2-19-17(20-14-18(24)7-3-4-8-18)22-11-9-21(10-12-22)16(23)15-6-5-13-25-15;/h5-6,13,24H,2-4,7-12,14H2,1H3,(H,19,20);1H. The monoisotopic (exact) mass is 476 g/mol. The minimum atomic E-state index is -0.641. The van der Waals surface area contributed by atoms with E-state index in [0.717, 1.165) is 51.3 Å². The Labute approximate surface area is 171 Å². The summed E-state index contributed by atoms with van der Waals surface area (Å²) in [7, 11) is 0. The van der Waals surface area contributed by atoms with Crippen LogP contribution in [0, 0.1) is 0 Å². The molecule has 1 amide bonds. The second kappa shape index (κ2) is 9.59. The molecular formula is C18H29IN4O3. The Kier molecular flexibility index (Phi) is 7.75. The highest BCUT2D eigenvalue weighted by Crippen LogP contribution is 2.29. The molecule has 2 fully saturated rings. The SMILES string of the molecule is CCNC(=NCC1(O)CCCC1)N1CCN(C(=O)c2ccco2)CC1.I. The maximum Gasteiger partial charge on any atom is 0.289 e. The van der Waals surface area contributed by atoms with E-state index in [4.69, 9.17) is 4.42 Å². The molecule has 0 aromatic carbocycles. The summed E-state index contributed by atoms with van der Waals surface area (Å²) in [4.78, 5) is 21.0. The van der Waals surface area contributed by atoms with Gasteiger partial charge in [-0.15, -0.1) is 24.0 Å². The van der Waals surface area contributed by atoms with Gasteiger partial charge in [0.05, 0.1) is 18.4 Å². The van der Waals surface area contributed by atoms with Crippen molar-refractivity contribution < 1.29 is 14.3 Å². The van der Waals surface area contributed by atoms with Gasteiger partial charge in [-0.05, 0) is 31.9 Å². The molecule has 2 N–H and O–H groups in total. The molecule has 0 atom stereocenters. The molecule has 1 aliphatic carbocycles. The van der Waals surface area contributed by atoms with Crippen LogP contribution in [-0.4, -0.2) is 71.6 Å². The third-order valence-electron chi connectivity index (χ3n) is 4.99. The molecule has 3 rings (SSSR count). The van der Waals surface area contributed by atoms with Gasteiger partial charge in [-0.3, -0.25) is 9.79 Å². The summed E-state index contributed by atoms with van der Waals surface area (Å²) in [5, 5.41) is 13.8. The Hall–Kier alpha value is -1.29. The van der Waals surface area contributed by atoms with E-state index in [0.29, 0.717) is 25.4 Å². The molecule has 8 heteroatoms. The first-order chi connectivity index (χ1) is 12.1. The van der Waals surface area contributed by atoms with E-state index in [9.17, 15) is 9.90 Å². The molecule has 1 saturated heterocycles. The molecule has 7 nitrogen and oxygen atoms in total. The number of nitrogens with zero attached hydrogens (tertiary/aromatic N) is 3. The van der Waals surface area contributed by atoms with E-state index in [1.165, 1.54) is 6.26 Å². The molecule has 1 saturated carbocycles. The second-order valence-corrected chi connectivity index (χ2v) is 6.86. The number of hydrogen-bond acceptors (Lipinski definition) is 4. The second-order valence-electron chi connectivity index (χ2n) is 6.86. The fourth-order valence-electron chi connectivity index (χ4n) is 3.52. The summed E-state index contributed by atoms with van der Waals surface area (Å²) in [6.07, 6.45) is 5.35. The van der Waals surface area contributed by atoms with E-state index >= 15 is 0 Å². The summed E-state index contributed by atoms with van der Waals surface area (Å²) in [6.45, 7) is 5.97. The number of aliphatic imine (C=N–C) groups is 1. The van der Waals surface area contributed by atoms with Gasteiger partial charge >= 0.3 is 0 Å². The number of nitrogens with one attached hydrogen (secondary N) is 1. The lowest BCUT2D eigenvalue weighted by Gasteiger charge is -2.36. The van der Waals surface area contributed by atoms with Crippen LogP contribution in [0.4, 0.5) is 0 Å². The zero-order valence-electron chi connectivity index (χ0n) is 15.3. The predicted octanol–water partition coefficient (Wildman–Crippen LogP) is 1.93. The molecule has 0 radical (unpaired) electrons. The van der Waals surface area contributed by atoms with Crippen LogP contribution in [-0.2, 0) is 0 Å². The van der Waals surface area contributed by atoms with E-state index in [1.54, 1.807) is 12.1 Å². The zero-order chi connectivity index (χ0) is 17.7. The molecule has 0 spiro atoms. The Morgan fingerprint density at radius 2 is 1.92 bits per heavy atom. The maximum absolute atomic E-state index is 12.3. The molecule has 26 heavy (non-hydrogen) atoms. The van der Waals surface area contributed by atoms with Gasteiger partial charge in [0.2, 0.25) is 0 Å². The van der Waals surface area contributed by atoms with Crippen LogP contribution in [0.5, 0.6) is 0 Å². The Balaban J connectivity index is 0.00000243. The third kappa shape index (κ3) is 5.12. The molecule has 2 heterocycles. The highest BCUT2D eigenvalue weighted by Gasteiger charge is 2.31. The average molecular weight is 476 g/mol. The van der Waals surface area contributed by atoms with Crippen molar-refractivity contribution >= 4 is 35.8 Å². The molecule has 1 aliphatic heterocycles. The fourth-order valence-corrected chi connectivity index (χ4v) is 3.52. The van der Waals surface area contributed by atoms with Crippen LogP contribution >= 0.6 is 24.0 Å². The highest BCUT2D eigenvalue weighted by molar-refractivity contribution is 14.0. The Morgan fingerprint density at radius 3 is 2.50 bits per heavy atom. The van der Waals surface area contributed by atoms with Crippen LogP contribution in [0.3, 0.4) is 0 Å². The van der Waals surface area contributed by atoms with Gasteiger partial charge < -0.3 is 24.6 Å². The minimum absolute atomic E-state index is 0. The predicted molar refractivity (Wildman–Crippen MR) is 111 cm³/mol. The van der Waals surface area contributed by atoms with Crippen LogP contribution in [0.25, 0.3) is 0 Å². The molecule has 146 valence electrons. The van der Waals surface area contributed by atoms with Gasteiger partial charge in [0, 0.05) is 32.7 Å². The first-order valence-electron chi connectivity index (χ1n) is 9.20. The molecular weight excluding hydrogens is 447 g/mol. The number of aliphatic hydroxyl groups is 1. The molecule has 1 aromatic heterocycles. The third-order valence-corrected chi connectivity index (χ3v) is 4.99. The van der Waals surface area contributed by atoms with Crippen LogP contribution in [0.15, 0.2) is 27.8 Å². The van der Waals surface area contributed by atoms with Crippen molar-refractivity contribution in [1.82, 2.24) is 15.1 Å².